The quantitative estimate of drug-likeness (QED) is 0.430. The molecule has 0 aromatic heterocycles. The molecule has 32 heavy (non-hydrogen) atoms. The molecular formula is C26H24N2O3S. The third kappa shape index (κ3) is 5.34. The normalized spacial score (nSPS) is 11.3. The second-order valence-corrected chi connectivity index (χ2v) is 9.43. The second kappa shape index (κ2) is 9.24. The number of carbonyl (C=O) groups is 1. The molecule has 4 aromatic carbocycles. The van der Waals surface area contributed by atoms with Crippen molar-refractivity contribution in [2.24, 2.45) is 0 Å². The molecule has 0 saturated heterocycles. The summed E-state index contributed by atoms with van der Waals surface area (Å²) >= 11 is 0. The maximum absolute atomic E-state index is 12.8. The third-order valence-corrected chi connectivity index (χ3v) is 6.59. The molecule has 0 bridgehead atoms. The van der Waals surface area contributed by atoms with Crippen LogP contribution in [0.3, 0.4) is 0 Å². The maximum atomic E-state index is 12.8. The van der Waals surface area contributed by atoms with E-state index in [1.54, 1.807) is 42.5 Å². The average molecular weight is 445 g/mol. The predicted molar refractivity (Wildman–Crippen MR) is 128 cm³/mol. The van der Waals surface area contributed by atoms with E-state index in [-0.39, 0.29) is 17.2 Å². The SMILES string of the molecule is Cc1ccc(CNC(=O)Cc2ccc(NS(=O)(=O)c3ccc4ccccc4c3)cc2)cc1. The lowest BCUT2D eigenvalue weighted by Crippen LogP contribution is -2.24. The first-order chi connectivity index (χ1) is 15.4. The van der Waals surface area contributed by atoms with Crippen molar-refractivity contribution in [1.29, 1.82) is 0 Å². The minimum absolute atomic E-state index is 0.0879. The molecule has 1 amide bonds. The summed E-state index contributed by atoms with van der Waals surface area (Å²) in [5.74, 6) is -0.0879. The molecular weight excluding hydrogens is 420 g/mol. The van der Waals surface area contributed by atoms with Gasteiger partial charge in [0.05, 0.1) is 11.3 Å². The minimum atomic E-state index is -3.71. The van der Waals surface area contributed by atoms with Crippen molar-refractivity contribution in [3.05, 3.63) is 108 Å². The number of fused-ring (bicyclic) bond motifs is 1. The fraction of sp³-hybridized carbons (Fsp3) is 0.115. The number of nitrogens with one attached hydrogen (secondary N) is 2. The van der Waals surface area contributed by atoms with Crippen LogP contribution in [-0.2, 0) is 27.8 Å². The number of anilines is 1. The Balaban J connectivity index is 1.37. The number of carbonyl (C=O) groups excluding carboxylic acids is 1. The van der Waals surface area contributed by atoms with Gasteiger partial charge >= 0.3 is 0 Å². The Kier molecular flexibility index (Phi) is 6.23. The zero-order valence-corrected chi connectivity index (χ0v) is 18.5. The molecule has 4 aromatic rings. The summed E-state index contributed by atoms with van der Waals surface area (Å²) in [5.41, 5.74) is 3.47. The number of amides is 1. The first-order valence-corrected chi connectivity index (χ1v) is 11.8. The van der Waals surface area contributed by atoms with Gasteiger partial charge in [0.15, 0.2) is 0 Å². The standard InChI is InChI=1S/C26H24N2O3S/c1-19-6-8-21(9-7-19)18-27-26(29)16-20-10-13-24(14-11-20)28-32(30,31)25-15-12-22-4-2-3-5-23(22)17-25/h2-15,17,28H,16,18H2,1H3,(H,27,29). The number of aryl methyl sites for hydroxylation is 1. The number of hydrogen-bond donors (Lipinski definition) is 2. The molecule has 2 N–H and O–H groups in total. The van der Waals surface area contributed by atoms with E-state index in [2.05, 4.69) is 10.0 Å². The van der Waals surface area contributed by atoms with Crippen LogP contribution in [0.15, 0.2) is 95.9 Å². The monoisotopic (exact) mass is 444 g/mol. The Morgan fingerprint density at radius 3 is 2.16 bits per heavy atom. The Bertz CT molecular complexity index is 1350. The Morgan fingerprint density at radius 1 is 0.781 bits per heavy atom. The molecule has 0 aliphatic rings. The fourth-order valence-electron chi connectivity index (χ4n) is 3.39. The van der Waals surface area contributed by atoms with Crippen LogP contribution in [0.1, 0.15) is 16.7 Å². The van der Waals surface area contributed by atoms with Crippen molar-refractivity contribution in [1.82, 2.24) is 5.32 Å². The van der Waals surface area contributed by atoms with Crippen LogP contribution in [0.25, 0.3) is 10.8 Å². The molecule has 0 atom stereocenters. The molecule has 5 nitrogen and oxygen atoms in total. The van der Waals surface area contributed by atoms with Crippen molar-refractivity contribution in [2.45, 2.75) is 24.8 Å². The highest BCUT2D eigenvalue weighted by Gasteiger charge is 2.15. The van der Waals surface area contributed by atoms with Crippen LogP contribution in [0.5, 0.6) is 0 Å². The average Bonchev–Trinajstić information content (AvgIpc) is 2.79. The topological polar surface area (TPSA) is 75.3 Å². The maximum Gasteiger partial charge on any atom is 0.261 e. The van der Waals surface area contributed by atoms with Gasteiger partial charge in [0.25, 0.3) is 10.0 Å². The predicted octanol–water partition coefficient (Wildman–Crippen LogP) is 4.81. The van der Waals surface area contributed by atoms with E-state index in [4.69, 9.17) is 0 Å². The molecule has 4 rings (SSSR count). The first-order valence-electron chi connectivity index (χ1n) is 10.3. The second-order valence-electron chi connectivity index (χ2n) is 7.75. The summed E-state index contributed by atoms with van der Waals surface area (Å²) < 4.78 is 28.1. The Hall–Kier alpha value is -3.64. The van der Waals surface area contributed by atoms with E-state index in [0.29, 0.717) is 12.2 Å². The molecule has 6 heteroatoms. The zero-order valence-electron chi connectivity index (χ0n) is 17.7. The molecule has 0 heterocycles. The van der Waals surface area contributed by atoms with E-state index < -0.39 is 10.0 Å². The summed E-state index contributed by atoms with van der Waals surface area (Å²) in [7, 11) is -3.71. The number of hydrogen-bond acceptors (Lipinski definition) is 3. The van der Waals surface area contributed by atoms with Crippen LogP contribution < -0.4 is 10.0 Å². The van der Waals surface area contributed by atoms with Crippen molar-refractivity contribution >= 4 is 32.4 Å². The van der Waals surface area contributed by atoms with Gasteiger partial charge in [-0.05, 0) is 53.1 Å². The van der Waals surface area contributed by atoms with Gasteiger partial charge in [-0.2, -0.15) is 0 Å². The Labute approximate surface area is 188 Å². The first kappa shape index (κ1) is 21.6. The lowest BCUT2D eigenvalue weighted by Gasteiger charge is -2.10. The van der Waals surface area contributed by atoms with Gasteiger partial charge in [0.2, 0.25) is 5.91 Å². The largest absolute Gasteiger partial charge is 0.352 e. The van der Waals surface area contributed by atoms with Crippen molar-refractivity contribution in [2.75, 3.05) is 4.72 Å². The van der Waals surface area contributed by atoms with Crippen molar-refractivity contribution < 1.29 is 13.2 Å². The van der Waals surface area contributed by atoms with Gasteiger partial charge in [-0.1, -0.05) is 72.3 Å². The van der Waals surface area contributed by atoms with Gasteiger partial charge in [0, 0.05) is 12.2 Å². The molecule has 0 radical (unpaired) electrons. The summed E-state index contributed by atoms with van der Waals surface area (Å²) in [5, 5.41) is 4.75. The van der Waals surface area contributed by atoms with Gasteiger partial charge in [-0.15, -0.1) is 0 Å². The Morgan fingerprint density at radius 2 is 1.44 bits per heavy atom. The van der Waals surface area contributed by atoms with Crippen LogP contribution in [0.4, 0.5) is 5.69 Å². The molecule has 0 unspecified atom stereocenters. The lowest BCUT2D eigenvalue weighted by molar-refractivity contribution is -0.120. The van der Waals surface area contributed by atoms with E-state index in [9.17, 15) is 13.2 Å². The molecule has 162 valence electrons. The van der Waals surface area contributed by atoms with Crippen molar-refractivity contribution in [3.8, 4) is 0 Å². The fourth-order valence-corrected chi connectivity index (χ4v) is 4.49. The van der Waals surface area contributed by atoms with E-state index >= 15 is 0 Å². The highest BCUT2D eigenvalue weighted by atomic mass is 32.2. The highest BCUT2D eigenvalue weighted by Crippen LogP contribution is 2.21. The van der Waals surface area contributed by atoms with Crippen molar-refractivity contribution in [3.63, 3.8) is 0 Å². The summed E-state index contributed by atoms with van der Waals surface area (Å²) in [4.78, 5) is 12.4. The minimum Gasteiger partial charge on any atom is -0.352 e. The van der Waals surface area contributed by atoms with E-state index in [1.807, 2.05) is 55.5 Å². The van der Waals surface area contributed by atoms with Gasteiger partial charge in [-0.25, -0.2) is 8.42 Å². The summed E-state index contributed by atoms with van der Waals surface area (Å²) in [6.45, 7) is 2.50. The number of sulfonamides is 1. The molecule has 0 spiro atoms. The van der Waals surface area contributed by atoms with Gasteiger partial charge in [0.1, 0.15) is 0 Å². The van der Waals surface area contributed by atoms with E-state index in [1.165, 1.54) is 5.56 Å². The highest BCUT2D eigenvalue weighted by molar-refractivity contribution is 7.92. The van der Waals surface area contributed by atoms with Crippen LogP contribution >= 0.6 is 0 Å². The number of rotatable bonds is 7. The summed E-state index contributed by atoms with van der Waals surface area (Å²) in [6.07, 6.45) is 0.226. The molecule has 0 saturated carbocycles. The summed E-state index contributed by atoms with van der Waals surface area (Å²) in [6, 6.07) is 27.5. The van der Waals surface area contributed by atoms with Gasteiger partial charge < -0.3 is 5.32 Å². The third-order valence-electron chi connectivity index (χ3n) is 5.21. The molecule has 0 aliphatic heterocycles. The van der Waals surface area contributed by atoms with Crippen LogP contribution in [-0.4, -0.2) is 14.3 Å². The molecule has 0 aliphatic carbocycles. The smallest absolute Gasteiger partial charge is 0.261 e. The number of benzene rings is 4. The lowest BCUT2D eigenvalue weighted by atomic mass is 10.1. The van der Waals surface area contributed by atoms with E-state index in [0.717, 1.165) is 21.9 Å². The van der Waals surface area contributed by atoms with Crippen LogP contribution in [0, 0.1) is 6.92 Å². The van der Waals surface area contributed by atoms with Gasteiger partial charge in [-0.3, -0.25) is 9.52 Å². The zero-order chi connectivity index (χ0) is 22.6. The molecule has 0 fully saturated rings. The van der Waals surface area contributed by atoms with Crippen LogP contribution in [0.2, 0.25) is 0 Å².